The van der Waals surface area contributed by atoms with Gasteiger partial charge in [0.1, 0.15) is 0 Å². The molecule has 9 heteroatoms. The maximum Gasteiger partial charge on any atom is 0.206 e. The normalized spacial score (nSPS) is 25.0. The van der Waals surface area contributed by atoms with Gasteiger partial charge in [0, 0.05) is 24.0 Å². The van der Waals surface area contributed by atoms with Gasteiger partial charge in [0.2, 0.25) is 5.79 Å². The van der Waals surface area contributed by atoms with Gasteiger partial charge in [0.05, 0.1) is 6.54 Å². The number of thiazole rings is 1. The highest BCUT2D eigenvalue weighted by Crippen LogP contribution is 2.23. The Bertz CT molecular complexity index is 413. The van der Waals surface area contributed by atoms with Gasteiger partial charge in [-0.05, 0) is 0 Å². The molecule has 0 spiro atoms. The summed E-state index contributed by atoms with van der Waals surface area (Å²) in [6, 6.07) is 0. The van der Waals surface area contributed by atoms with Gasteiger partial charge >= 0.3 is 0 Å². The predicted molar refractivity (Wildman–Crippen MR) is 59.4 cm³/mol. The molecule has 1 aliphatic rings. The van der Waals surface area contributed by atoms with E-state index in [0.29, 0.717) is 17.4 Å². The highest BCUT2D eigenvalue weighted by molar-refractivity contribution is 7.15. The lowest BCUT2D eigenvalue weighted by molar-refractivity contribution is -0.670. The molecule has 1 saturated heterocycles. The highest BCUT2D eigenvalue weighted by Gasteiger charge is 2.44. The largest absolute Gasteiger partial charge is 0.291 e. The Morgan fingerprint density at radius 1 is 1.88 bits per heavy atom. The van der Waals surface area contributed by atoms with E-state index < -0.39 is 10.8 Å². The first-order valence-electron chi connectivity index (χ1n) is 4.57. The van der Waals surface area contributed by atoms with Crippen LogP contribution in [0.5, 0.6) is 0 Å². The second kappa shape index (κ2) is 4.13. The Balaban J connectivity index is 2.15. The molecular weight excluding hydrogens is 254 g/mol. The molecule has 0 bridgehead atoms. The van der Waals surface area contributed by atoms with Crippen LogP contribution in [0.1, 0.15) is 4.88 Å². The van der Waals surface area contributed by atoms with Gasteiger partial charge in [-0.1, -0.05) is 16.6 Å². The van der Waals surface area contributed by atoms with Gasteiger partial charge in [-0.25, -0.2) is 15.1 Å². The van der Waals surface area contributed by atoms with Gasteiger partial charge in [-0.3, -0.25) is 11.1 Å². The smallest absolute Gasteiger partial charge is 0.206 e. The van der Waals surface area contributed by atoms with Crippen molar-refractivity contribution in [1.29, 1.82) is 0 Å². The molecule has 3 N–H and O–H groups in total. The number of hydrogen-bond acceptors (Lipinski definition) is 6. The molecule has 88 valence electrons. The third-order valence-corrected chi connectivity index (χ3v) is 3.50. The van der Waals surface area contributed by atoms with Gasteiger partial charge in [-0.15, -0.1) is 11.3 Å². The lowest BCUT2D eigenvalue weighted by Gasteiger charge is -2.27. The topological polar surface area (TPSA) is 97.3 Å². The summed E-state index contributed by atoms with van der Waals surface area (Å²) in [5, 5.41) is 14.2. The second-order valence-corrected chi connectivity index (χ2v) is 5.17. The number of nitrogens with one attached hydrogen (secondary N) is 1. The lowest BCUT2D eigenvalue weighted by Crippen LogP contribution is -2.62. The van der Waals surface area contributed by atoms with Crippen molar-refractivity contribution in [3.8, 4) is 0 Å². The molecular formula is C7H10ClN5O2S. The fourth-order valence-electron chi connectivity index (χ4n) is 1.68. The molecule has 1 aromatic heterocycles. The Labute approximate surface area is 100 Å². The van der Waals surface area contributed by atoms with Crippen molar-refractivity contribution >= 4 is 22.9 Å². The van der Waals surface area contributed by atoms with Crippen LogP contribution in [-0.4, -0.2) is 33.9 Å². The van der Waals surface area contributed by atoms with Gasteiger partial charge in [-0.2, -0.15) is 0 Å². The molecule has 1 unspecified atom stereocenters. The first kappa shape index (κ1) is 11.5. The monoisotopic (exact) mass is 263 g/mol. The zero-order valence-corrected chi connectivity index (χ0v) is 9.79. The minimum Gasteiger partial charge on any atom is -0.291 e. The summed E-state index contributed by atoms with van der Waals surface area (Å²) in [4.78, 5) is 15.5. The van der Waals surface area contributed by atoms with Crippen molar-refractivity contribution < 1.29 is 5.03 Å². The van der Waals surface area contributed by atoms with E-state index in [-0.39, 0.29) is 6.54 Å². The number of nitrogens with zero attached hydrogens (tertiary/aromatic N) is 3. The molecule has 2 heterocycles. The van der Waals surface area contributed by atoms with E-state index in [2.05, 4.69) is 10.3 Å². The summed E-state index contributed by atoms with van der Waals surface area (Å²) in [5.41, 5.74) is 5.95. The average molecular weight is 264 g/mol. The maximum atomic E-state index is 10.8. The number of nitro groups is 1. The third-order valence-electron chi connectivity index (χ3n) is 2.38. The van der Waals surface area contributed by atoms with Crippen molar-refractivity contribution in [2.75, 3.05) is 13.1 Å². The number of hydrazine groups is 1. The van der Waals surface area contributed by atoms with Crippen molar-refractivity contribution in [2.24, 2.45) is 5.73 Å². The molecule has 0 amide bonds. The standard InChI is InChI=1S/C7H10ClN5O2S/c8-6-10-4-5(16-6)3-7(9)11-1-2-12(7)13(14)15/h4,11H,1-3,9H2. The fourth-order valence-corrected chi connectivity index (χ4v) is 2.75. The van der Waals surface area contributed by atoms with E-state index in [0.717, 1.165) is 9.89 Å². The molecule has 16 heavy (non-hydrogen) atoms. The van der Waals surface area contributed by atoms with Gasteiger partial charge in [0.15, 0.2) is 9.50 Å². The molecule has 0 aromatic carbocycles. The Kier molecular flexibility index (Phi) is 2.98. The predicted octanol–water partition coefficient (Wildman–Crippen LogP) is 0.0484. The van der Waals surface area contributed by atoms with Crippen LogP contribution in [0.2, 0.25) is 4.47 Å². The molecule has 0 radical (unpaired) electrons. The average Bonchev–Trinajstić information content (AvgIpc) is 2.73. The first-order chi connectivity index (χ1) is 7.51. The molecule has 1 aromatic rings. The first-order valence-corrected chi connectivity index (χ1v) is 5.77. The second-order valence-electron chi connectivity index (χ2n) is 3.47. The zero-order valence-electron chi connectivity index (χ0n) is 8.22. The van der Waals surface area contributed by atoms with E-state index in [4.69, 9.17) is 17.3 Å². The molecule has 1 aliphatic heterocycles. The number of aromatic nitrogens is 1. The van der Waals surface area contributed by atoms with Crippen molar-refractivity contribution in [2.45, 2.75) is 12.2 Å². The molecule has 1 fully saturated rings. The van der Waals surface area contributed by atoms with E-state index in [1.165, 1.54) is 11.3 Å². The van der Waals surface area contributed by atoms with E-state index in [1.54, 1.807) is 6.20 Å². The number of rotatable bonds is 3. The summed E-state index contributed by atoms with van der Waals surface area (Å²) in [6.45, 7) is 0.778. The summed E-state index contributed by atoms with van der Waals surface area (Å²) >= 11 is 6.96. The van der Waals surface area contributed by atoms with Crippen LogP contribution in [0, 0.1) is 10.1 Å². The van der Waals surface area contributed by atoms with Crippen LogP contribution in [-0.2, 0) is 6.42 Å². The van der Waals surface area contributed by atoms with Gasteiger partial charge < -0.3 is 0 Å². The van der Waals surface area contributed by atoms with Crippen molar-refractivity contribution in [3.05, 3.63) is 25.7 Å². The Hall–Kier alpha value is -0.960. The number of nitrogens with two attached hydrogens (primary N) is 1. The van der Waals surface area contributed by atoms with Gasteiger partial charge in [0.25, 0.3) is 0 Å². The molecule has 0 aliphatic carbocycles. The lowest BCUT2D eigenvalue weighted by atomic mass is 10.2. The van der Waals surface area contributed by atoms with E-state index >= 15 is 0 Å². The Morgan fingerprint density at radius 3 is 3.19 bits per heavy atom. The molecule has 7 nitrogen and oxygen atoms in total. The highest BCUT2D eigenvalue weighted by atomic mass is 35.5. The molecule has 1 atom stereocenters. The van der Waals surface area contributed by atoms with Crippen LogP contribution in [0.15, 0.2) is 6.20 Å². The zero-order chi connectivity index (χ0) is 11.8. The summed E-state index contributed by atoms with van der Waals surface area (Å²) in [7, 11) is 0. The third kappa shape index (κ3) is 2.09. The fraction of sp³-hybridized carbons (Fsp3) is 0.571. The maximum absolute atomic E-state index is 10.8. The summed E-state index contributed by atoms with van der Waals surface area (Å²) in [6.07, 6.45) is 1.89. The van der Waals surface area contributed by atoms with Crippen LogP contribution in [0.3, 0.4) is 0 Å². The van der Waals surface area contributed by atoms with Crippen molar-refractivity contribution in [3.63, 3.8) is 0 Å². The van der Waals surface area contributed by atoms with E-state index in [1.807, 2.05) is 0 Å². The quantitative estimate of drug-likeness (QED) is 0.591. The number of halogens is 1. The van der Waals surface area contributed by atoms with Crippen LogP contribution in [0.25, 0.3) is 0 Å². The van der Waals surface area contributed by atoms with Crippen LogP contribution in [0.4, 0.5) is 0 Å². The summed E-state index contributed by atoms with van der Waals surface area (Å²) in [5.74, 6) is -1.15. The summed E-state index contributed by atoms with van der Waals surface area (Å²) < 4.78 is 0.407. The van der Waals surface area contributed by atoms with Crippen LogP contribution >= 0.6 is 22.9 Å². The molecule has 0 saturated carbocycles. The SMILES string of the molecule is NC1(Cc2cnc(Cl)s2)NCCN1[N+](=O)[O-]. The molecule has 2 rings (SSSR count). The van der Waals surface area contributed by atoms with E-state index in [9.17, 15) is 10.1 Å². The van der Waals surface area contributed by atoms with Crippen LogP contribution < -0.4 is 11.1 Å². The number of hydrogen-bond donors (Lipinski definition) is 2. The minimum absolute atomic E-state index is 0.288. The minimum atomic E-state index is -1.15. The Morgan fingerprint density at radius 2 is 2.62 bits per heavy atom. The van der Waals surface area contributed by atoms with Crippen molar-refractivity contribution in [1.82, 2.24) is 15.3 Å².